The second kappa shape index (κ2) is 7.60. The Hall–Kier alpha value is -2.00. The van der Waals surface area contributed by atoms with Gasteiger partial charge in [-0.3, -0.25) is 4.72 Å². The molecule has 0 saturated carbocycles. The number of primary sulfonamides is 1. The zero-order valence-electron chi connectivity index (χ0n) is 15.3. The third kappa shape index (κ3) is 4.83. The van der Waals surface area contributed by atoms with Crippen LogP contribution in [0.2, 0.25) is 0 Å². The minimum absolute atomic E-state index is 0.0394. The molecule has 0 radical (unpaired) electrons. The highest BCUT2D eigenvalue weighted by Crippen LogP contribution is 2.27. The van der Waals surface area contributed by atoms with Gasteiger partial charge in [0.2, 0.25) is 10.0 Å². The van der Waals surface area contributed by atoms with Crippen molar-refractivity contribution in [1.82, 2.24) is 0 Å². The average Bonchev–Trinajstić information content (AvgIpc) is 3.02. The largest absolute Gasteiger partial charge is 0.280 e. The first kappa shape index (κ1) is 22.7. The maximum Gasteiger partial charge on any atom is 0.261 e. The zero-order valence-corrected chi connectivity index (χ0v) is 18.6. The first-order valence-electron chi connectivity index (χ1n) is 8.41. The van der Waals surface area contributed by atoms with E-state index in [-0.39, 0.29) is 32.5 Å². The van der Waals surface area contributed by atoms with Crippen molar-refractivity contribution < 1.29 is 33.7 Å². The van der Waals surface area contributed by atoms with Crippen molar-refractivity contribution in [2.75, 3.05) is 16.2 Å². The summed E-state index contributed by atoms with van der Waals surface area (Å²) in [6.45, 7) is 0. The Morgan fingerprint density at radius 2 is 1.47 bits per heavy atom. The Morgan fingerprint density at radius 1 is 0.867 bits per heavy atom. The molecule has 10 nitrogen and oxygen atoms in total. The van der Waals surface area contributed by atoms with Gasteiger partial charge in [-0.05, 0) is 48.9 Å². The lowest BCUT2D eigenvalue weighted by molar-refractivity contribution is 0.581. The molecule has 3 rings (SSSR count). The predicted molar refractivity (Wildman–Crippen MR) is 109 cm³/mol. The summed E-state index contributed by atoms with van der Waals surface area (Å²) in [5.74, 6) is -0.730. The molecular weight excluding hydrogens is 476 g/mol. The standard InChI is InChI=1S/C16H18N2O8S4/c17-29(23,24)13-6-4-12(5-7-13)18-30(25,26)15-3-1-2-14(10-15)28(21,22)16-8-9-27(19,20)11-16/h1-7,10,16,18H,8-9,11H2,(H2,17,23,24). The molecule has 30 heavy (non-hydrogen) atoms. The van der Waals surface area contributed by atoms with E-state index in [1.807, 2.05) is 0 Å². The molecule has 2 aromatic rings. The van der Waals surface area contributed by atoms with Crippen LogP contribution in [0.25, 0.3) is 0 Å². The van der Waals surface area contributed by atoms with Gasteiger partial charge in [-0.25, -0.2) is 38.8 Å². The van der Waals surface area contributed by atoms with E-state index in [1.165, 1.54) is 30.3 Å². The number of hydrogen-bond acceptors (Lipinski definition) is 8. The van der Waals surface area contributed by atoms with Crippen LogP contribution < -0.4 is 9.86 Å². The summed E-state index contributed by atoms with van der Waals surface area (Å²) in [6, 6.07) is 9.23. The van der Waals surface area contributed by atoms with Crippen molar-refractivity contribution >= 4 is 45.4 Å². The molecule has 1 heterocycles. The lowest BCUT2D eigenvalue weighted by atomic mass is 10.3. The molecule has 0 amide bonds. The van der Waals surface area contributed by atoms with E-state index in [0.29, 0.717) is 0 Å². The Morgan fingerprint density at radius 3 is 2.00 bits per heavy atom. The number of sulfonamides is 2. The molecule has 3 N–H and O–H groups in total. The van der Waals surface area contributed by atoms with Crippen LogP contribution in [-0.4, -0.2) is 50.4 Å². The molecule has 1 saturated heterocycles. The Labute approximate surface area is 175 Å². The van der Waals surface area contributed by atoms with Gasteiger partial charge in [-0.1, -0.05) is 6.07 Å². The molecule has 0 aromatic heterocycles. The van der Waals surface area contributed by atoms with Gasteiger partial charge in [0, 0.05) is 5.69 Å². The van der Waals surface area contributed by atoms with Crippen molar-refractivity contribution in [3.8, 4) is 0 Å². The van der Waals surface area contributed by atoms with E-state index >= 15 is 0 Å². The van der Waals surface area contributed by atoms with Crippen molar-refractivity contribution in [3.63, 3.8) is 0 Å². The number of benzene rings is 2. The van der Waals surface area contributed by atoms with Crippen LogP contribution in [0.5, 0.6) is 0 Å². The van der Waals surface area contributed by atoms with Crippen LogP contribution in [0, 0.1) is 0 Å². The third-order valence-electron chi connectivity index (χ3n) is 4.51. The summed E-state index contributed by atoms with van der Waals surface area (Å²) in [5.41, 5.74) is 0.0394. The molecule has 0 spiro atoms. The maximum absolute atomic E-state index is 12.7. The summed E-state index contributed by atoms with van der Waals surface area (Å²) in [6.07, 6.45) is -0.0453. The highest BCUT2D eigenvalue weighted by Gasteiger charge is 2.38. The first-order valence-corrected chi connectivity index (χ1v) is 14.8. The van der Waals surface area contributed by atoms with Gasteiger partial charge >= 0.3 is 0 Å². The molecule has 0 aliphatic carbocycles. The molecule has 2 aromatic carbocycles. The van der Waals surface area contributed by atoms with Gasteiger partial charge in [-0.15, -0.1) is 0 Å². The zero-order chi connectivity index (χ0) is 22.4. The molecule has 1 fully saturated rings. The van der Waals surface area contributed by atoms with Crippen LogP contribution in [0.1, 0.15) is 6.42 Å². The number of hydrogen-bond donors (Lipinski definition) is 2. The molecule has 1 aliphatic heterocycles. The monoisotopic (exact) mass is 494 g/mol. The quantitative estimate of drug-likeness (QED) is 0.568. The number of rotatable bonds is 6. The second-order valence-corrected chi connectivity index (χ2v) is 14.4. The van der Waals surface area contributed by atoms with E-state index in [0.717, 1.165) is 18.2 Å². The Kier molecular flexibility index (Phi) is 5.75. The van der Waals surface area contributed by atoms with E-state index in [1.54, 1.807) is 0 Å². The van der Waals surface area contributed by atoms with E-state index in [9.17, 15) is 33.7 Å². The fraction of sp³-hybridized carbons (Fsp3) is 0.250. The second-order valence-electron chi connectivity index (χ2n) is 6.72. The van der Waals surface area contributed by atoms with E-state index < -0.39 is 50.7 Å². The SMILES string of the molecule is NS(=O)(=O)c1ccc(NS(=O)(=O)c2cccc(S(=O)(=O)C3CCS(=O)(=O)C3)c2)cc1. The molecule has 1 aliphatic rings. The van der Waals surface area contributed by atoms with Crippen molar-refractivity contribution in [1.29, 1.82) is 0 Å². The molecular formula is C16H18N2O8S4. The lowest BCUT2D eigenvalue weighted by Crippen LogP contribution is -2.23. The summed E-state index contributed by atoms with van der Waals surface area (Å²) >= 11 is 0. The van der Waals surface area contributed by atoms with Gasteiger partial charge in [0.25, 0.3) is 10.0 Å². The minimum Gasteiger partial charge on any atom is -0.280 e. The highest BCUT2D eigenvalue weighted by molar-refractivity contribution is 7.96. The number of sulfone groups is 2. The first-order chi connectivity index (χ1) is 13.7. The molecule has 1 atom stereocenters. The summed E-state index contributed by atoms with van der Waals surface area (Å²) < 4.78 is 98.8. The fourth-order valence-electron chi connectivity index (χ4n) is 2.94. The lowest BCUT2D eigenvalue weighted by Gasteiger charge is -2.13. The van der Waals surface area contributed by atoms with Gasteiger partial charge in [0.1, 0.15) is 0 Å². The fourth-order valence-corrected chi connectivity index (χ4v) is 9.04. The Balaban J connectivity index is 1.89. The summed E-state index contributed by atoms with van der Waals surface area (Å²) in [7, 11) is -15.6. The van der Waals surface area contributed by atoms with Crippen molar-refractivity contribution in [3.05, 3.63) is 48.5 Å². The maximum atomic E-state index is 12.7. The van der Waals surface area contributed by atoms with Crippen LogP contribution >= 0.6 is 0 Å². The predicted octanol–water partition coefficient (Wildman–Crippen LogP) is 0.0956. The smallest absolute Gasteiger partial charge is 0.261 e. The third-order valence-corrected chi connectivity index (χ3v) is 11.0. The minimum atomic E-state index is -4.20. The normalized spacial score (nSPS) is 19.4. The van der Waals surface area contributed by atoms with Crippen LogP contribution in [-0.2, 0) is 39.7 Å². The van der Waals surface area contributed by atoms with Crippen LogP contribution in [0.3, 0.4) is 0 Å². The average molecular weight is 495 g/mol. The summed E-state index contributed by atoms with van der Waals surface area (Å²) in [5, 5.41) is 3.86. The van der Waals surface area contributed by atoms with Crippen LogP contribution in [0.15, 0.2) is 63.2 Å². The molecule has 1 unspecified atom stereocenters. The van der Waals surface area contributed by atoms with Crippen LogP contribution in [0.4, 0.5) is 5.69 Å². The number of nitrogens with two attached hydrogens (primary N) is 1. The molecule has 14 heteroatoms. The topological polar surface area (TPSA) is 175 Å². The van der Waals surface area contributed by atoms with Gasteiger partial charge in [-0.2, -0.15) is 0 Å². The van der Waals surface area contributed by atoms with Crippen molar-refractivity contribution in [2.45, 2.75) is 26.4 Å². The summed E-state index contributed by atoms with van der Waals surface area (Å²) in [4.78, 5) is -0.845. The van der Waals surface area contributed by atoms with E-state index in [4.69, 9.17) is 5.14 Å². The van der Waals surface area contributed by atoms with Gasteiger partial charge in [0.05, 0.1) is 31.4 Å². The Bertz CT molecular complexity index is 1400. The number of anilines is 1. The highest BCUT2D eigenvalue weighted by atomic mass is 32.2. The van der Waals surface area contributed by atoms with Gasteiger partial charge < -0.3 is 0 Å². The van der Waals surface area contributed by atoms with Gasteiger partial charge in [0.15, 0.2) is 19.7 Å². The molecule has 164 valence electrons. The van der Waals surface area contributed by atoms with E-state index in [2.05, 4.69) is 4.72 Å². The molecule has 0 bridgehead atoms. The van der Waals surface area contributed by atoms with Crippen molar-refractivity contribution in [2.24, 2.45) is 5.14 Å². The number of nitrogens with one attached hydrogen (secondary N) is 1.